The second-order valence-corrected chi connectivity index (χ2v) is 3.42. The number of pyridine rings is 1. The van der Waals surface area contributed by atoms with Crippen LogP contribution in [0.4, 0.5) is 24.5 Å². The third kappa shape index (κ3) is 3.23. The number of amides is 1. The number of hydrogen-bond acceptors (Lipinski definition) is 4. The number of primary amides is 1. The summed E-state index contributed by atoms with van der Waals surface area (Å²) in [4.78, 5) is 13.9. The van der Waals surface area contributed by atoms with Crippen molar-refractivity contribution in [3.63, 3.8) is 0 Å². The average Bonchev–Trinajstić information content (AvgIpc) is 2.19. The molecule has 0 aliphatic heterocycles. The average molecular weight is 248 g/mol. The number of nitrogens with one attached hydrogen (secondary N) is 1. The highest BCUT2D eigenvalue weighted by molar-refractivity contribution is 5.83. The number of nitrogen functional groups attached to an aromatic ring is 1. The molecule has 1 amide bonds. The number of aromatic nitrogens is 1. The van der Waals surface area contributed by atoms with E-state index in [0.717, 1.165) is 12.3 Å². The zero-order valence-electron chi connectivity index (χ0n) is 8.88. The van der Waals surface area contributed by atoms with Crippen LogP contribution < -0.4 is 16.8 Å². The Kier molecular flexibility index (Phi) is 3.45. The van der Waals surface area contributed by atoms with Gasteiger partial charge < -0.3 is 16.8 Å². The number of rotatable bonds is 3. The summed E-state index contributed by atoms with van der Waals surface area (Å²) >= 11 is 0. The predicted octanol–water partition coefficient (Wildman–Crippen LogP) is 0.968. The van der Waals surface area contributed by atoms with Gasteiger partial charge in [0, 0.05) is 0 Å². The number of halogens is 3. The van der Waals surface area contributed by atoms with E-state index >= 15 is 0 Å². The summed E-state index contributed by atoms with van der Waals surface area (Å²) in [6, 6.07) is -0.102. The second kappa shape index (κ2) is 4.48. The molecule has 1 heterocycles. The van der Waals surface area contributed by atoms with Crippen molar-refractivity contribution in [2.75, 3.05) is 11.1 Å². The van der Waals surface area contributed by atoms with Gasteiger partial charge in [0.15, 0.2) is 0 Å². The van der Waals surface area contributed by atoms with Crippen molar-refractivity contribution in [2.45, 2.75) is 19.1 Å². The molecule has 1 aromatic heterocycles. The van der Waals surface area contributed by atoms with Crippen molar-refractivity contribution < 1.29 is 18.0 Å². The topological polar surface area (TPSA) is 94.0 Å². The van der Waals surface area contributed by atoms with Gasteiger partial charge in [-0.2, -0.15) is 13.2 Å². The first kappa shape index (κ1) is 13.1. The lowest BCUT2D eigenvalue weighted by molar-refractivity contribution is -0.141. The molecule has 0 spiro atoms. The van der Waals surface area contributed by atoms with E-state index in [1.807, 2.05) is 0 Å². The largest absolute Gasteiger partial charge is 0.433 e. The van der Waals surface area contributed by atoms with Gasteiger partial charge in [-0.25, -0.2) is 4.98 Å². The fraction of sp³-hybridized carbons (Fsp3) is 0.333. The molecule has 0 radical (unpaired) electrons. The molecule has 8 heteroatoms. The molecule has 0 saturated carbocycles. The van der Waals surface area contributed by atoms with Crippen LogP contribution in [0.5, 0.6) is 0 Å². The molecule has 17 heavy (non-hydrogen) atoms. The fourth-order valence-corrected chi connectivity index (χ4v) is 1.05. The molecule has 5 nitrogen and oxygen atoms in total. The molecule has 1 aromatic rings. The minimum Gasteiger partial charge on any atom is -0.396 e. The normalized spacial score (nSPS) is 13.2. The molecule has 5 N–H and O–H groups in total. The Morgan fingerprint density at radius 1 is 1.53 bits per heavy atom. The lowest BCUT2D eigenvalue weighted by Crippen LogP contribution is -2.32. The van der Waals surface area contributed by atoms with Crippen LogP contribution in [-0.2, 0) is 11.0 Å². The van der Waals surface area contributed by atoms with Crippen molar-refractivity contribution in [1.82, 2.24) is 4.98 Å². The van der Waals surface area contributed by atoms with E-state index in [0.29, 0.717) is 0 Å². The van der Waals surface area contributed by atoms with E-state index < -0.39 is 23.8 Å². The van der Waals surface area contributed by atoms with Crippen molar-refractivity contribution in [2.24, 2.45) is 5.73 Å². The number of nitrogens with two attached hydrogens (primary N) is 2. The smallest absolute Gasteiger partial charge is 0.396 e. The third-order valence-electron chi connectivity index (χ3n) is 2.02. The number of nitrogens with zero attached hydrogens (tertiary/aromatic N) is 1. The molecule has 0 aromatic carbocycles. The number of anilines is 2. The Balaban J connectivity index is 3.03. The molecule has 0 bridgehead atoms. The summed E-state index contributed by atoms with van der Waals surface area (Å²) in [6.45, 7) is 1.41. The van der Waals surface area contributed by atoms with Crippen molar-refractivity contribution in [3.05, 3.63) is 18.0 Å². The summed E-state index contributed by atoms with van der Waals surface area (Å²) in [7, 11) is 0. The van der Waals surface area contributed by atoms with E-state index in [-0.39, 0.29) is 11.4 Å². The first-order valence-corrected chi connectivity index (χ1v) is 4.60. The van der Waals surface area contributed by atoms with Crippen LogP contribution in [0.3, 0.4) is 0 Å². The van der Waals surface area contributed by atoms with Crippen LogP contribution in [0.15, 0.2) is 12.3 Å². The van der Waals surface area contributed by atoms with Gasteiger partial charge >= 0.3 is 6.18 Å². The highest BCUT2D eigenvalue weighted by Gasteiger charge is 2.33. The van der Waals surface area contributed by atoms with E-state index in [1.54, 1.807) is 0 Å². The number of hydrogen-bond donors (Lipinski definition) is 3. The SMILES string of the molecule is CC(Nc1cc(C(F)(F)F)ncc1N)C(N)=O. The lowest BCUT2D eigenvalue weighted by atomic mass is 10.2. The van der Waals surface area contributed by atoms with E-state index in [4.69, 9.17) is 11.5 Å². The van der Waals surface area contributed by atoms with Gasteiger partial charge in [-0.1, -0.05) is 0 Å². The Morgan fingerprint density at radius 2 is 2.12 bits per heavy atom. The van der Waals surface area contributed by atoms with E-state index in [9.17, 15) is 18.0 Å². The Labute approximate surface area is 95.0 Å². The van der Waals surface area contributed by atoms with Crippen LogP contribution in [-0.4, -0.2) is 16.9 Å². The van der Waals surface area contributed by atoms with Gasteiger partial charge in [0.25, 0.3) is 0 Å². The minimum absolute atomic E-state index is 0.00565. The Bertz CT molecular complexity index is 433. The highest BCUT2D eigenvalue weighted by Crippen LogP contribution is 2.31. The zero-order chi connectivity index (χ0) is 13.2. The van der Waals surface area contributed by atoms with Gasteiger partial charge in [-0.3, -0.25) is 4.79 Å². The maximum absolute atomic E-state index is 12.4. The monoisotopic (exact) mass is 248 g/mol. The fourth-order valence-electron chi connectivity index (χ4n) is 1.05. The maximum atomic E-state index is 12.4. The summed E-state index contributed by atoms with van der Waals surface area (Å²) in [5.74, 6) is -0.699. The lowest BCUT2D eigenvalue weighted by Gasteiger charge is -2.15. The van der Waals surface area contributed by atoms with Crippen molar-refractivity contribution in [1.29, 1.82) is 0 Å². The van der Waals surface area contributed by atoms with Crippen LogP contribution in [0.2, 0.25) is 0 Å². The number of carbonyl (C=O) groups is 1. The van der Waals surface area contributed by atoms with Gasteiger partial charge in [-0.15, -0.1) is 0 Å². The van der Waals surface area contributed by atoms with Crippen LogP contribution in [0.1, 0.15) is 12.6 Å². The number of alkyl halides is 3. The highest BCUT2D eigenvalue weighted by atomic mass is 19.4. The maximum Gasteiger partial charge on any atom is 0.433 e. The standard InChI is InChI=1S/C9H11F3N4O/c1-4(8(14)17)16-6-2-7(9(10,11)12)15-3-5(6)13/h2-4H,13H2,1H3,(H2,14,17)(H,15,16). The third-order valence-corrected chi connectivity index (χ3v) is 2.02. The van der Waals surface area contributed by atoms with Gasteiger partial charge in [0.05, 0.1) is 17.6 Å². The first-order chi connectivity index (χ1) is 7.71. The van der Waals surface area contributed by atoms with E-state index in [1.165, 1.54) is 6.92 Å². The predicted molar refractivity (Wildman–Crippen MR) is 55.9 cm³/mol. The molecule has 1 rings (SSSR count). The molecule has 0 saturated heterocycles. The quantitative estimate of drug-likeness (QED) is 0.742. The molecule has 1 atom stereocenters. The molecular weight excluding hydrogens is 237 g/mol. The van der Waals surface area contributed by atoms with Crippen molar-refractivity contribution >= 4 is 17.3 Å². The number of carbonyl (C=O) groups excluding carboxylic acids is 1. The molecule has 0 fully saturated rings. The molecule has 0 aliphatic rings. The van der Waals surface area contributed by atoms with E-state index in [2.05, 4.69) is 10.3 Å². The summed E-state index contributed by atoms with van der Waals surface area (Å²) in [5.41, 5.74) is 9.30. The Hall–Kier alpha value is -1.99. The Morgan fingerprint density at radius 3 is 2.59 bits per heavy atom. The second-order valence-electron chi connectivity index (χ2n) is 3.42. The molecule has 0 aliphatic carbocycles. The summed E-state index contributed by atoms with van der Waals surface area (Å²) in [6.07, 6.45) is -3.70. The van der Waals surface area contributed by atoms with Crippen molar-refractivity contribution in [3.8, 4) is 0 Å². The molecular formula is C9H11F3N4O. The molecule has 1 unspecified atom stereocenters. The first-order valence-electron chi connectivity index (χ1n) is 4.60. The zero-order valence-corrected chi connectivity index (χ0v) is 8.88. The molecule has 94 valence electrons. The summed E-state index contributed by atoms with van der Waals surface area (Å²) < 4.78 is 37.1. The van der Waals surface area contributed by atoms with Gasteiger partial charge in [0.2, 0.25) is 5.91 Å². The van der Waals surface area contributed by atoms with Crippen LogP contribution in [0.25, 0.3) is 0 Å². The van der Waals surface area contributed by atoms with Gasteiger partial charge in [0.1, 0.15) is 11.7 Å². The van der Waals surface area contributed by atoms with Gasteiger partial charge in [-0.05, 0) is 13.0 Å². The minimum atomic E-state index is -4.57. The summed E-state index contributed by atoms with van der Waals surface area (Å²) in [5, 5.41) is 2.48. The van der Waals surface area contributed by atoms with Crippen LogP contribution >= 0.6 is 0 Å². The van der Waals surface area contributed by atoms with Crippen LogP contribution in [0, 0.1) is 0 Å².